The van der Waals surface area contributed by atoms with Crippen molar-refractivity contribution in [3.05, 3.63) is 20.8 Å². The molecule has 1 aromatic heterocycles. The van der Waals surface area contributed by atoms with Gasteiger partial charge in [-0.1, -0.05) is 5.92 Å². The van der Waals surface area contributed by atoms with Crippen molar-refractivity contribution in [1.29, 1.82) is 0 Å². The Balaban J connectivity index is 2.89. The fourth-order valence-corrected chi connectivity index (χ4v) is 2.23. The summed E-state index contributed by atoms with van der Waals surface area (Å²) in [6.45, 7) is 1.71. The molecule has 0 saturated carbocycles. The molecule has 1 heterocycles. The Morgan fingerprint density at radius 1 is 1.73 bits per heavy atom. The molecule has 11 heavy (non-hydrogen) atoms. The van der Waals surface area contributed by atoms with E-state index in [1.165, 1.54) is 11.3 Å². The highest BCUT2D eigenvalue weighted by molar-refractivity contribution is 9.10. The van der Waals surface area contributed by atoms with E-state index >= 15 is 0 Å². The number of aliphatic hydroxyl groups excluding tert-OH is 1. The van der Waals surface area contributed by atoms with E-state index in [1.54, 1.807) is 6.92 Å². The molecule has 1 nitrogen and oxygen atoms in total. The normalized spacial score (nSPS) is 11.9. The van der Waals surface area contributed by atoms with Crippen LogP contribution in [0, 0.1) is 11.8 Å². The van der Waals surface area contributed by atoms with Crippen molar-refractivity contribution < 1.29 is 5.11 Å². The van der Waals surface area contributed by atoms with E-state index < -0.39 is 6.10 Å². The Labute approximate surface area is 78.2 Å². The molecule has 0 aliphatic heterocycles. The van der Waals surface area contributed by atoms with Crippen LogP contribution in [0.1, 0.15) is 17.9 Å². The average Bonchev–Trinajstić information content (AvgIpc) is 2.36. The van der Waals surface area contributed by atoms with Crippen molar-refractivity contribution in [2.24, 2.45) is 0 Å². The van der Waals surface area contributed by atoms with Crippen molar-refractivity contribution in [2.75, 3.05) is 0 Å². The van der Waals surface area contributed by atoms with Crippen LogP contribution in [0.25, 0.3) is 0 Å². The number of thiophene rings is 1. The second kappa shape index (κ2) is 3.91. The van der Waals surface area contributed by atoms with E-state index in [1.807, 2.05) is 11.4 Å². The first kappa shape index (κ1) is 8.79. The lowest BCUT2D eigenvalue weighted by Crippen LogP contribution is -1.89. The first-order chi connectivity index (χ1) is 5.25. The fraction of sp³-hybridized carbons (Fsp3) is 0.250. The highest BCUT2D eigenvalue weighted by Gasteiger charge is 2.08. The summed E-state index contributed by atoms with van der Waals surface area (Å²) in [5.74, 6) is 5.34. The molecule has 1 aromatic rings. The molecule has 0 amide bonds. The van der Waals surface area contributed by atoms with Crippen LogP contribution in [0.2, 0.25) is 0 Å². The molecular weight excluding hydrogens is 224 g/mol. The minimum absolute atomic E-state index is 0.644. The molecule has 1 N–H and O–H groups in total. The predicted molar refractivity (Wildman–Crippen MR) is 50.4 cm³/mol. The molecule has 1 rings (SSSR count). The summed E-state index contributed by atoms with van der Waals surface area (Å²) >= 11 is 4.82. The molecule has 3 heteroatoms. The summed E-state index contributed by atoms with van der Waals surface area (Å²) in [6, 6.07) is 1.90. The molecule has 0 saturated heterocycles. The van der Waals surface area contributed by atoms with E-state index in [4.69, 9.17) is 0 Å². The molecule has 0 aromatic carbocycles. The van der Waals surface area contributed by atoms with Gasteiger partial charge in [0, 0.05) is 4.47 Å². The van der Waals surface area contributed by atoms with Crippen LogP contribution in [0.15, 0.2) is 15.9 Å². The summed E-state index contributed by atoms with van der Waals surface area (Å²) < 4.78 is 0.928. The van der Waals surface area contributed by atoms with E-state index in [-0.39, 0.29) is 0 Å². The maximum Gasteiger partial charge on any atom is 0.150 e. The van der Waals surface area contributed by atoms with Gasteiger partial charge in [-0.2, -0.15) is 0 Å². The van der Waals surface area contributed by atoms with E-state index in [9.17, 15) is 5.11 Å². The van der Waals surface area contributed by atoms with Crippen molar-refractivity contribution in [2.45, 2.75) is 13.0 Å². The monoisotopic (exact) mass is 230 g/mol. The first-order valence-corrected chi connectivity index (χ1v) is 4.76. The lowest BCUT2D eigenvalue weighted by molar-refractivity contribution is 0.241. The minimum Gasteiger partial charge on any atom is -0.375 e. The number of hydrogen-bond acceptors (Lipinski definition) is 2. The first-order valence-electron chi connectivity index (χ1n) is 3.09. The molecule has 1 unspecified atom stereocenters. The van der Waals surface area contributed by atoms with Crippen molar-refractivity contribution in [1.82, 2.24) is 0 Å². The van der Waals surface area contributed by atoms with Crippen LogP contribution in [-0.2, 0) is 0 Å². The highest BCUT2D eigenvalue weighted by Crippen LogP contribution is 2.28. The molecule has 0 bridgehead atoms. The smallest absolute Gasteiger partial charge is 0.150 e. The minimum atomic E-state index is -0.644. The van der Waals surface area contributed by atoms with Gasteiger partial charge in [-0.25, -0.2) is 0 Å². The van der Waals surface area contributed by atoms with Gasteiger partial charge in [0.25, 0.3) is 0 Å². The van der Waals surface area contributed by atoms with Gasteiger partial charge < -0.3 is 5.11 Å². The van der Waals surface area contributed by atoms with Gasteiger partial charge in [0.2, 0.25) is 0 Å². The average molecular weight is 231 g/mol. The Bertz CT molecular complexity index is 295. The van der Waals surface area contributed by atoms with Gasteiger partial charge in [0.15, 0.2) is 0 Å². The zero-order valence-electron chi connectivity index (χ0n) is 5.97. The van der Waals surface area contributed by atoms with Crippen LogP contribution >= 0.6 is 27.3 Å². The number of hydrogen-bond donors (Lipinski definition) is 1. The zero-order valence-corrected chi connectivity index (χ0v) is 8.37. The standard InChI is InChI=1S/C8H7BrOS/c1-2-3-7(10)8-6(9)4-5-11-8/h4-5,7,10H,1H3. The molecule has 0 aliphatic carbocycles. The fourth-order valence-electron chi connectivity index (χ4n) is 0.703. The number of rotatable bonds is 1. The number of aliphatic hydroxyl groups is 1. The third-order valence-corrected chi connectivity index (χ3v) is 3.10. The summed E-state index contributed by atoms with van der Waals surface area (Å²) in [7, 11) is 0. The third kappa shape index (κ3) is 2.06. The second-order valence-electron chi connectivity index (χ2n) is 1.93. The Hall–Kier alpha value is -0.300. The Morgan fingerprint density at radius 3 is 2.91 bits per heavy atom. The molecular formula is C8H7BrOS. The summed E-state index contributed by atoms with van der Waals surface area (Å²) in [5.41, 5.74) is 0. The van der Waals surface area contributed by atoms with Gasteiger partial charge in [-0.05, 0) is 34.3 Å². The van der Waals surface area contributed by atoms with Gasteiger partial charge in [-0.3, -0.25) is 0 Å². The van der Waals surface area contributed by atoms with Crippen LogP contribution in [0.3, 0.4) is 0 Å². The van der Waals surface area contributed by atoms with Gasteiger partial charge in [0.05, 0.1) is 4.88 Å². The van der Waals surface area contributed by atoms with E-state index in [2.05, 4.69) is 27.8 Å². The maximum absolute atomic E-state index is 9.40. The molecule has 1 atom stereocenters. The summed E-state index contributed by atoms with van der Waals surface area (Å²) in [6.07, 6.45) is -0.644. The Morgan fingerprint density at radius 2 is 2.45 bits per heavy atom. The van der Waals surface area contributed by atoms with Gasteiger partial charge >= 0.3 is 0 Å². The third-order valence-electron chi connectivity index (χ3n) is 1.17. The lowest BCUT2D eigenvalue weighted by Gasteiger charge is -1.98. The summed E-state index contributed by atoms with van der Waals surface area (Å²) in [4.78, 5) is 0.874. The van der Waals surface area contributed by atoms with Crippen molar-refractivity contribution in [3.8, 4) is 11.8 Å². The predicted octanol–water partition coefficient (Wildman–Crippen LogP) is 2.57. The van der Waals surface area contributed by atoms with E-state index in [0.29, 0.717) is 0 Å². The van der Waals surface area contributed by atoms with Crippen LogP contribution < -0.4 is 0 Å². The molecule has 0 fully saturated rings. The quantitative estimate of drug-likeness (QED) is 0.736. The van der Waals surface area contributed by atoms with Crippen LogP contribution in [0.4, 0.5) is 0 Å². The highest BCUT2D eigenvalue weighted by atomic mass is 79.9. The molecule has 58 valence electrons. The van der Waals surface area contributed by atoms with Crippen molar-refractivity contribution >= 4 is 27.3 Å². The molecule has 0 radical (unpaired) electrons. The summed E-state index contributed by atoms with van der Waals surface area (Å²) in [5, 5.41) is 11.3. The maximum atomic E-state index is 9.40. The lowest BCUT2D eigenvalue weighted by atomic mass is 10.3. The second-order valence-corrected chi connectivity index (χ2v) is 3.73. The molecule has 0 aliphatic rings. The molecule has 0 spiro atoms. The van der Waals surface area contributed by atoms with Crippen LogP contribution in [0.5, 0.6) is 0 Å². The largest absolute Gasteiger partial charge is 0.375 e. The van der Waals surface area contributed by atoms with Crippen molar-refractivity contribution in [3.63, 3.8) is 0 Å². The van der Waals surface area contributed by atoms with Gasteiger partial charge in [0.1, 0.15) is 6.10 Å². The van der Waals surface area contributed by atoms with Gasteiger partial charge in [-0.15, -0.1) is 17.3 Å². The number of halogens is 1. The van der Waals surface area contributed by atoms with E-state index in [0.717, 1.165) is 9.35 Å². The Kier molecular flexibility index (Phi) is 3.13. The topological polar surface area (TPSA) is 20.2 Å². The van der Waals surface area contributed by atoms with Crippen LogP contribution in [-0.4, -0.2) is 5.11 Å². The zero-order chi connectivity index (χ0) is 8.27. The SMILES string of the molecule is CC#CC(O)c1sccc1Br.